The van der Waals surface area contributed by atoms with Crippen LogP contribution in [0.5, 0.6) is 0 Å². The molecule has 0 aliphatic heterocycles. The summed E-state index contributed by atoms with van der Waals surface area (Å²) in [4.78, 5) is 12.0. The fraction of sp³-hybridized carbons (Fsp3) is 0.533. The Balaban J connectivity index is 2.39. The third-order valence-electron chi connectivity index (χ3n) is 2.61. The van der Waals surface area contributed by atoms with Gasteiger partial charge in [0.1, 0.15) is 6.10 Å². The zero-order valence-electron chi connectivity index (χ0n) is 11.6. The monoisotopic (exact) mass is 250 g/mol. The second-order valence-corrected chi connectivity index (χ2v) is 4.66. The first-order valence-electron chi connectivity index (χ1n) is 6.34. The molecule has 0 bridgehead atoms. The van der Waals surface area contributed by atoms with Crippen molar-refractivity contribution in [1.29, 1.82) is 0 Å². The standard InChI is InChI=1S/C15H22O3/c1-11(2)17-9-10-18-13(4)15(16)14-7-5-12(3)6-8-14/h5-8,11,13H,9-10H2,1-4H3. The summed E-state index contributed by atoms with van der Waals surface area (Å²) in [7, 11) is 0. The molecule has 0 aliphatic carbocycles. The van der Waals surface area contributed by atoms with E-state index in [1.165, 1.54) is 0 Å². The van der Waals surface area contributed by atoms with Crippen LogP contribution in [0.2, 0.25) is 0 Å². The van der Waals surface area contributed by atoms with Gasteiger partial charge in [-0.05, 0) is 27.7 Å². The summed E-state index contributed by atoms with van der Waals surface area (Å²) < 4.78 is 10.8. The van der Waals surface area contributed by atoms with Gasteiger partial charge in [0.2, 0.25) is 0 Å². The summed E-state index contributed by atoms with van der Waals surface area (Å²) in [5.41, 5.74) is 1.84. The van der Waals surface area contributed by atoms with E-state index in [-0.39, 0.29) is 11.9 Å². The highest BCUT2D eigenvalue weighted by atomic mass is 16.5. The SMILES string of the molecule is Cc1ccc(C(=O)C(C)OCCOC(C)C)cc1. The number of ether oxygens (including phenoxy) is 2. The maximum absolute atomic E-state index is 12.0. The Hall–Kier alpha value is -1.19. The molecule has 0 aromatic heterocycles. The molecule has 18 heavy (non-hydrogen) atoms. The molecule has 1 aromatic rings. The summed E-state index contributed by atoms with van der Waals surface area (Å²) in [5.74, 6) is 0.0135. The van der Waals surface area contributed by atoms with E-state index in [9.17, 15) is 4.79 Å². The molecule has 100 valence electrons. The molecule has 0 saturated carbocycles. The fourth-order valence-corrected chi connectivity index (χ4v) is 1.54. The Morgan fingerprint density at radius 1 is 1.06 bits per heavy atom. The number of rotatable bonds is 7. The molecule has 0 N–H and O–H groups in total. The maximum atomic E-state index is 12.0. The van der Waals surface area contributed by atoms with Crippen LogP contribution < -0.4 is 0 Å². The van der Waals surface area contributed by atoms with Crippen molar-refractivity contribution in [1.82, 2.24) is 0 Å². The van der Waals surface area contributed by atoms with E-state index < -0.39 is 6.10 Å². The third-order valence-corrected chi connectivity index (χ3v) is 2.61. The molecule has 1 atom stereocenters. The third kappa shape index (κ3) is 4.98. The largest absolute Gasteiger partial charge is 0.376 e. The van der Waals surface area contributed by atoms with Crippen LogP contribution in [0.1, 0.15) is 36.7 Å². The van der Waals surface area contributed by atoms with Gasteiger partial charge in [-0.25, -0.2) is 0 Å². The molecule has 0 radical (unpaired) electrons. The second-order valence-electron chi connectivity index (χ2n) is 4.66. The Morgan fingerprint density at radius 2 is 1.61 bits per heavy atom. The molecule has 0 spiro atoms. The Labute approximate surface area is 109 Å². The van der Waals surface area contributed by atoms with Crippen molar-refractivity contribution in [3.05, 3.63) is 35.4 Å². The number of Topliss-reactive ketones (excluding diaryl/α,β-unsaturated/α-hetero) is 1. The van der Waals surface area contributed by atoms with E-state index in [1.807, 2.05) is 45.0 Å². The number of hydrogen-bond donors (Lipinski definition) is 0. The predicted octanol–water partition coefficient (Wildman–Crippen LogP) is 3.01. The van der Waals surface area contributed by atoms with E-state index in [0.717, 1.165) is 5.56 Å². The molecule has 3 heteroatoms. The van der Waals surface area contributed by atoms with Crippen molar-refractivity contribution in [3.63, 3.8) is 0 Å². The first-order chi connectivity index (χ1) is 8.50. The topological polar surface area (TPSA) is 35.5 Å². The van der Waals surface area contributed by atoms with E-state index in [2.05, 4.69) is 0 Å². The summed E-state index contributed by atoms with van der Waals surface area (Å²) >= 11 is 0. The van der Waals surface area contributed by atoms with E-state index in [4.69, 9.17) is 9.47 Å². The summed E-state index contributed by atoms with van der Waals surface area (Å²) in [5, 5.41) is 0. The number of aryl methyl sites for hydroxylation is 1. The van der Waals surface area contributed by atoms with Gasteiger partial charge in [0, 0.05) is 5.56 Å². The lowest BCUT2D eigenvalue weighted by molar-refractivity contribution is -0.00176. The molecule has 1 aromatic carbocycles. The number of carbonyl (C=O) groups is 1. The van der Waals surface area contributed by atoms with E-state index in [0.29, 0.717) is 18.8 Å². The second kappa shape index (κ2) is 7.29. The fourth-order valence-electron chi connectivity index (χ4n) is 1.54. The van der Waals surface area contributed by atoms with Crippen LogP contribution in [0.3, 0.4) is 0 Å². The summed E-state index contributed by atoms with van der Waals surface area (Å²) in [6, 6.07) is 7.54. The van der Waals surface area contributed by atoms with Crippen molar-refractivity contribution in [2.45, 2.75) is 39.9 Å². The van der Waals surface area contributed by atoms with Gasteiger partial charge >= 0.3 is 0 Å². The Bertz CT molecular complexity index is 368. The lowest BCUT2D eigenvalue weighted by atomic mass is 10.1. The molecule has 0 aliphatic rings. The minimum Gasteiger partial charge on any atom is -0.376 e. The van der Waals surface area contributed by atoms with Gasteiger partial charge in [-0.2, -0.15) is 0 Å². The molecule has 0 fully saturated rings. The average Bonchev–Trinajstić information content (AvgIpc) is 2.34. The molecule has 0 amide bonds. The highest BCUT2D eigenvalue weighted by Crippen LogP contribution is 2.08. The highest BCUT2D eigenvalue weighted by Gasteiger charge is 2.15. The Morgan fingerprint density at radius 3 is 2.17 bits per heavy atom. The van der Waals surface area contributed by atoms with Crippen LogP contribution in [0, 0.1) is 6.92 Å². The quantitative estimate of drug-likeness (QED) is 0.551. The highest BCUT2D eigenvalue weighted by molar-refractivity contribution is 5.99. The van der Waals surface area contributed by atoms with Gasteiger partial charge in [-0.3, -0.25) is 4.79 Å². The lowest BCUT2D eigenvalue weighted by Gasteiger charge is -2.13. The van der Waals surface area contributed by atoms with Gasteiger partial charge in [-0.15, -0.1) is 0 Å². The summed E-state index contributed by atoms with van der Waals surface area (Å²) in [6.45, 7) is 8.68. The van der Waals surface area contributed by atoms with Crippen molar-refractivity contribution in [3.8, 4) is 0 Å². The first kappa shape index (κ1) is 14.9. The molecule has 0 saturated heterocycles. The molecule has 0 heterocycles. The number of carbonyl (C=O) groups excluding carboxylic acids is 1. The number of benzene rings is 1. The zero-order chi connectivity index (χ0) is 13.5. The van der Waals surface area contributed by atoms with Crippen molar-refractivity contribution in [2.75, 3.05) is 13.2 Å². The van der Waals surface area contributed by atoms with Crippen molar-refractivity contribution in [2.24, 2.45) is 0 Å². The van der Waals surface area contributed by atoms with Crippen LogP contribution in [0.15, 0.2) is 24.3 Å². The molecular weight excluding hydrogens is 228 g/mol. The normalized spacial score (nSPS) is 12.7. The first-order valence-corrected chi connectivity index (χ1v) is 6.34. The van der Waals surface area contributed by atoms with E-state index in [1.54, 1.807) is 6.92 Å². The summed E-state index contributed by atoms with van der Waals surface area (Å²) in [6.07, 6.45) is -0.236. The van der Waals surface area contributed by atoms with Gasteiger partial charge in [0.25, 0.3) is 0 Å². The van der Waals surface area contributed by atoms with Crippen LogP contribution in [-0.4, -0.2) is 31.2 Å². The van der Waals surface area contributed by atoms with Crippen LogP contribution in [-0.2, 0) is 9.47 Å². The molecule has 1 unspecified atom stereocenters. The smallest absolute Gasteiger partial charge is 0.191 e. The van der Waals surface area contributed by atoms with Crippen molar-refractivity contribution < 1.29 is 14.3 Å². The average molecular weight is 250 g/mol. The molecular formula is C15H22O3. The van der Waals surface area contributed by atoms with E-state index >= 15 is 0 Å². The molecule has 3 nitrogen and oxygen atoms in total. The lowest BCUT2D eigenvalue weighted by Crippen LogP contribution is -2.23. The number of ketones is 1. The Kier molecular flexibility index (Phi) is 6.02. The van der Waals surface area contributed by atoms with Gasteiger partial charge in [0.15, 0.2) is 5.78 Å². The van der Waals surface area contributed by atoms with Gasteiger partial charge < -0.3 is 9.47 Å². The van der Waals surface area contributed by atoms with Gasteiger partial charge in [-0.1, -0.05) is 29.8 Å². The minimum absolute atomic E-state index is 0.0135. The maximum Gasteiger partial charge on any atom is 0.191 e. The van der Waals surface area contributed by atoms with Gasteiger partial charge in [0.05, 0.1) is 19.3 Å². The van der Waals surface area contributed by atoms with Crippen LogP contribution in [0.25, 0.3) is 0 Å². The minimum atomic E-state index is -0.427. The predicted molar refractivity (Wildman–Crippen MR) is 72.0 cm³/mol. The van der Waals surface area contributed by atoms with Crippen LogP contribution >= 0.6 is 0 Å². The molecule has 1 rings (SSSR count). The van der Waals surface area contributed by atoms with Crippen LogP contribution in [0.4, 0.5) is 0 Å². The van der Waals surface area contributed by atoms with Crippen molar-refractivity contribution >= 4 is 5.78 Å². The number of hydrogen-bond acceptors (Lipinski definition) is 3. The zero-order valence-corrected chi connectivity index (χ0v) is 11.6.